The van der Waals surface area contributed by atoms with E-state index >= 15 is 0 Å². The summed E-state index contributed by atoms with van der Waals surface area (Å²) < 4.78 is 14.0. The average Bonchev–Trinajstić information content (AvgIpc) is 2.28. The molecular weight excluding hydrogens is 271 g/mol. The van der Waals surface area contributed by atoms with E-state index in [4.69, 9.17) is 5.84 Å². The highest BCUT2D eigenvalue weighted by molar-refractivity contribution is 9.10. The van der Waals surface area contributed by atoms with Crippen LogP contribution in [0.1, 0.15) is 31.7 Å². The van der Waals surface area contributed by atoms with Gasteiger partial charge in [0.05, 0.1) is 0 Å². The Bertz CT molecular complexity index is 331. The Labute approximate surface area is 105 Å². The number of nitrogens with one attached hydrogen (secondary N) is 1. The van der Waals surface area contributed by atoms with Crippen molar-refractivity contribution in [2.45, 2.75) is 38.6 Å². The molecule has 0 amide bonds. The highest BCUT2D eigenvalue weighted by Gasteiger charge is 2.10. The van der Waals surface area contributed by atoms with Crippen LogP contribution in [-0.2, 0) is 6.42 Å². The third-order valence-corrected chi connectivity index (χ3v) is 3.39. The van der Waals surface area contributed by atoms with E-state index in [9.17, 15) is 4.39 Å². The second kappa shape index (κ2) is 6.99. The smallest absolute Gasteiger partial charge is 0.123 e. The fourth-order valence-corrected chi connectivity index (χ4v) is 2.07. The van der Waals surface area contributed by atoms with Crippen molar-refractivity contribution in [3.05, 3.63) is 34.1 Å². The molecule has 0 aliphatic carbocycles. The topological polar surface area (TPSA) is 38.0 Å². The molecule has 2 nitrogen and oxygen atoms in total. The molecule has 0 saturated heterocycles. The van der Waals surface area contributed by atoms with Crippen molar-refractivity contribution in [1.29, 1.82) is 0 Å². The number of hydrogen-bond donors (Lipinski definition) is 2. The van der Waals surface area contributed by atoms with E-state index in [1.165, 1.54) is 6.07 Å². The van der Waals surface area contributed by atoms with E-state index in [0.717, 1.165) is 35.7 Å². The molecule has 0 saturated carbocycles. The van der Waals surface area contributed by atoms with Crippen molar-refractivity contribution in [1.82, 2.24) is 5.43 Å². The molecular formula is C12H18BrFN2. The molecule has 0 heterocycles. The second-order valence-corrected chi connectivity index (χ2v) is 4.80. The number of nitrogens with two attached hydrogens (primary N) is 1. The third-order valence-electron chi connectivity index (χ3n) is 2.62. The summed E-state index contributed by atoms with van der Waals surface area (Å²) in [6.07, 6.45) is 4.02. The zero-order valence-electron chi connectivity index (χ0n) is 9.47. The van der Waals surface area contributed by atoms with Crippen LogP contribution in [0.2, 0.25) is 0 Å². The standard InChI is InChI=1S/C12H18BrFN2/c1-2-3-4-11(16-15)8-9-7-10(14)5-6-12(9)13/h5-7,11,16H,2-4,8,15H2,1H3. The fourth-order valence-electron chi connectivity index (χ4n) is 1.66. The van der Waals surface area contributed by atoms with Gasteiger partial charge >= 0.3 is 0 Å². The van der Waals surface area contributed by atoms with Gasteiger partial charge < -0.3 is 0 Å². The third kappa shape index (κ3) is 4.20. The lowest BCUT2D eigenvalue weighted by Crippen LogP contribution is -2.36. The average molecular weight is 289 g/mol. The van der Waals surface area contributed by atoms with Gasteiger partial charge in [-0.2, -0.15) is 0 Å². The maximum absolute atomic E-state index is 13.1. The van der Waals surface area contributed by atoms with Crippen LogP contribution in [0.25, 0.3) is 0 Å². The molecule has 0 aliphatic heterocycles. The van der Waals surface area contributed by atoms with Crippen LogP contribution in [0, 0.1) is 5.82 Å². The van der Waals surface area contributed by atoms with Crippen LogP contribution in [0.3, 0.4) is 0 Å². The summed E-state index contributed by atoms with van der Waals surface area (Å²) in [6.45, 7) is 2.14. The molecule has 0 aliphatic rings. The van der Waals surface area contributed by atoms with Crippen molar-refractivity contribution >= 4 is 15.9 Å². The maximum atomic E-state index is 13.1. The fraction of sp³-hybridized carbons (Fsp3) is 0.500. The van der Waals surface area contributed by atoms with Crippen LogP contribution in [0.4, 0.5) is 4.39 Å². The normalized spacial score (nSPS) is 12.8. The van der Waals surface area contributed by atoms with E-state index < -0.39 is 0 Å². The minimum absolute atomic E-state index is 0.204. The van der Waals surface area contributed by atoms with Crippen LogP contribution in [0.15, 0.2) is 22.7 Å². The number of unbranched alkanes of at least 4 members (excludes halogenated alkanes) is 1. The van der Waals surface area contributed by atoms with E-state index in [-0.39, 0.29) is 11.9 Å². The minimum Gasteiger partial charge on any atom is -0.271 e. The second-order valence-electron chi connectivity index (χ2n) is 3.95. The first-order valence-corrected chi connectivity index (χ1v) is 6.36. The number of rotatable bonds is 6. The highest BCUT2D eigenvalue weighted by atomic mass is 79.9. The molecule has 0 bridgehead atoms. The first-order valence-electron chi connectivity index (χ1n) is 5.57. The van der Waals surface area contributed by atoms with Gasteiger partial charge in [-0.1, -0.05) is 35.7 Å². The number of halogens is 2. The molecule has 1 rings (SSSR count). The SMILES string of the molecule is CCCCC(Cc1cc(F)ccc1Br)NN. The van der Waals surface area contributed by atoms with Gasteiger partial charge in [-0.25, -0.2) is 4.39 Å². The van der Waals surface area contributed by atoms with Crippen molar-refractivity contribution in [3.63, 3.8) is 0 Å². The Morgan fingerprint density at radius 1 is 1.50 bits per heavy atom. The molecule has 90 valence electrons. The molecule has 1 unspecified atom stereocenters. The molecule has 1 aromatic rings. The van der Waals surface area contributed by atoms with E-state index in [1.807, 2.05) is 0 Å². The zero-order valence-corrected chi connectivity index (χ0v) is 11.1. The van der Waals surface area contributed by atoms with E-state index in [0.29, 0.717) is 0 Å². The Hall–Kier alpha value is -0.450. The summed E-state index contributed by atoms with van der Waals surface area (Å²) >= 11 is 3.42. The van der Waals surface area contributed by atoms with Crippen molar-refractivity contribution in [3.8, 4) is 0 Å². The summed E-state index contributed by atoms with van der Waals surface area (Å²) in [5, 5.41) is 0. The minimum atomic E-state index is -0.204. The van der Waals surface area contributed by atoms with Gasteiger partial charge in [-0.15, -0.1) is 0 Å². The summed E-state index contributed by atoms with van der Waals surface area (Å²) in [7, 11) is 0. The Morgan fingerprint density at radius 2 is 2.25 bits per heavy atom. The number of benzene rings is 1. The molecule has 3 N–H and O–H groups in total. The Balaban J connectivity index is 2.65. The predicted molar refractivity (Wildman–Crippen MR) is 68.4 cm³/mol. The molecule has 1 atom stereocenters. The molecule has 0 aromatic heterocycles. The van der Waals surface area contributed by atoms with Crippen LogP contribution < -0.4 is 11.3 Å². The molecule has 16 heavy (non-hydrogen) atoms. The first-order chi connectivity index (χ1) is 7.67. The number of hydrazine groups is 1. The van der Waals surface area contributed by atoms with Crippen molar-refractivity contribution < 1.29 is 4.39 Å². The quantitative estimate of drug-likeness (QED) is 0.623. The Kier molecular flexibility index (Phi) is 5.95. The van der Waals surface area contributed by atoms with Gasteiger partial charge in [-0.05, 0) is 36.6 Å². The van der Waals surface area contributed by atoms with Gasteiger partial charge in [-0.3, -0.25) is 11.3 Å². The number of hydrogen-bond acceptors (Lipinski definition) is 2. The lowest BCUT2D eigenvalue weighted by Gasteiger charge is -2.16. The van der Waals surface area contributed by atoms with Gasteiger partial charge in [0, 0.05) is 10.5 Å². The first kappa shape index (κ1) is 13.6. The summed E-state index contributed by atoms with van der Waals surface area (Å²) in [4.78, 5) is 0. The molecule has 0 spiro atoms. The van der Waals surface area contributed by atoms with Crippen molar-refractivity contribution in [2.75, 3.05) is 0 Å². The van der Waals surface area contributed by atoms with E-state index in [2.05, 4.69) is 28.3 Å². The lowest BCUT2D eigenvalue weighted by molar-refractivity contribution is 0.472. The zero-order chi connectivity index (χ0) is 12.0. The van der Waals surface area contributed by atoms with Gasteiger partial charge in [0.2, 0.25) is 0 Å². The van der Waals surface area contributed by atoms with Crippen LogP contribution in [-0.4, -0.2) is 6.04 Å². The monoisotopic (exact) mass is 288 g/mol. The van der Waals surface area contributed by atoms with Crippen molar-refractivity contribution in [2.24, 2.45) is 5.84 Å². The molecule has 0 radical (unpaired) electrons. The summed E-state index contributed by atoms with van der Waals surface area (Å²) in [5.41, 5.74) is 3.75. The molecule has 0 fully saturated rings. The van der Waals surface area contributed by atoms with Gasteiger partial charge in [0.15, 0.2) is 0 Å². The van der Waals surface area contributed by atoms with E-state index in [1.54, 1.807) is 12.1 Å². The summed E-state index contributed by atoms with van der Waals surface area (Å²) in [5.74, 6) is 5.29. The maximum Gasteiger partial charge on any atom is 0.123 e. The molecule has 1 aromatic carbocycles. The van der Waals surface area contributed by atoms with Gasteiger partial charge in [0.1, 0.15) is 5.82 Å². The lowest BCUT2D eigenvalue weighted by atomic mass is 10.0. The van der Waals surface area contributed by atoms with Crippen LogP contribution >= 0.6 is 15.9 Å². The van der Waals surface area contributed by atoms with Crippen LogP contribution in [0.5, 0.6) is 0 Å². The summed E-state index contributed by atoms with van der Waals surface area (Å²) in [6, 6.07) is 4.95. The Morgan fingerprint density at radius 3 is 2.88 bits per heavy atom. The highest BCUT2D eigenvalue weighted by Crippen LogP contribution is 2.20. The molecule has 4 heteroatoms. The largest absolute Gasteiger partial charge is 0.271 e. The van der Waals surface area contributed by atoms with Gasteiger partial charge in [0.25, 0.3) is 0 Å². The predicted octanol–water partition coefficient (Wildman–Crippen LogP) is 3.15.